The van der Waals surface area contributed by atoms with E-state index in [1.807, 2.05) is 100 Å². The molecule has 3 heterocycles. The van der Waals surface area contributed by atoms with E-state index in [0.29, 0.717) is 25.9 Å². The number of pyridine rings is 2. The summed E-state index contributed by atoms with van der Waals surface area (Å²) >= 11 is 5.91. The number of aromatic nitrogens is 2. The van der Waals surface area contributed by atoms with Crippen LogP contribution in [0.1, 0.15) is 61.6 Å². The number of fused-ring (bicyclic) bond motifs is 4. The van der Waals surface area contributed by atoms with Crippen molar-refractivity contribution in [3.05, 3.63) is 119 Å². The Balaban J connectivity index is 1.52. The van der Waals surface area contributed by atoms with Gasteiger partial charge in [-0.25, -0.2) is 9.97 Å². The van der Waals surface area contributed by atoms with Crippen LogP contribution < -0.4 is 0 Å². The van der Waals surface area contributed by atoms with Crippen molar-refractivity contribution in [2.24, 2.45) is 25.0 Å². The lowest BCUT2D eigenvalue weighted by atomic mass is 10.1. The molecule has 1 aliphatic heterocycles. The van der Waals surface area contributed by atoms with Gasteiger partial charge in [0, 0.05) is 4.90 Å². The van der Waals surface area contributed by atoms with Gasteiger partial charge in [-0.3, -0.25) is 20.0 Å². The van der Waals surface area contributed by atoms with Crippen molar-refractivity contribution < 1.29 is 0 Å². The van der Waals surface area contributed by atoms with Gasteiger partial charge in [0.25, 0.3) is 0 Å². The summed E-state index contributed by atoms with van der Waals surface area (Å²) in [6.07, 6.45) is 1.38. The quantitative estimate of drug-likeness (QED) is 0.0896. The molecule has 2 aromatic heterocycles. The first kappa shape index (κ1) is 34.4. The Labute approximate surface area is 291 Å². The molecular formula is C38H36N8S2. The van der Waals surface area contributed by atoms with Gasteiger partial charge >= 0.3 is 0 Å². The standard InChI is InChI=1S/C38H36N8S2/c1-25-35-7-6-10-38(46-35)28(4)44-33(20-30-13-17-34(18-14-30)48-23-39)22-41-26(2)36-8-5-9-37(45-36)27(3)43-32(21-40-25)19-29-11-15-31(16-12-29)42-24-47/h5-18,32-33H,19-22H2,1-4H3/t32?,33-/m0/s1. The second-order valence-corrected chi connectivity index (χ2v) is 12.6. The first-order valence-corrected chi connectivity index (χ1v) is 16.9. The fraction of sp³-hybridized carbons (Fsp3) is 0.263. The fourth-order valence-corrected chi connectivity index (χ4v) is 5.84. The van der Waals surface area contributed by atoms with Gasteiger partial charge in [0.05, 0.1) is 81.6 Å². The van der Waals surface area contributed by atoms with Crippen LogP contribution in [0, 0.1) is 10.7 Å². The van der Waals surface area contributed by atoms with Gasteiger partial charge in [-0.2, -0.15) is 10.3 Å². The van der Waals surface area contributed by atoms with Gasteiger partial charge in [0.1, 0.15) is 5.40 Å². The Morgan fingerprint density at radius 2 is 1.10 bits per heavy atom. The molecule has 1 unspecified atom stereocenters. The van der Waals surface area contributed by atoms with Gasteiger partial charge in [0.15, 0.2) is 0 Å². The van der Waals surface area contributed by atoms with E-state index in [0.717, 1.165) is 79.1 Å². The summed E-state index contributed by atoms with van der Waals surface area (Å²) in [4.78, 5) is 35.1. The Morgan fingerprint density at radius 1 is 0.667 bits per heavy atom. The first-order chi connectivity index (χ1) is 23.3. The molecule has 4 aromatic rings. The zero-order valence-electron chi connectivity index (χ0n) is 27.5. The summed E-state index contributed by atoms with van der Waals surface area (Å²) in [5.74, 6) is 0. The molecule has 8 nitrogen and oxygen atoms in total. The number of rotatable bonds is 6. The molecule has 0 aliphatic carbocycles. The molecule has 240 valence electrons. The molecule has 2 atom stereocenters. The van der Waals surface area contributed by atoms with Crippen molar-refractivity contribution in [3.63, 3.8) is 0 Å². The van der Waals surface area contributed by atoms with Crippen LogP contribution in [0.4, 0.5) is 5.69 Å². The van der Waals surface area contributed by atoms with Crippen LogP contribution >= 0.6 is 24.0 Å². The average molecular weight is 669 g/mol. The third kappa shape index (κ3) is 9.55. The molecule has 10 heteroatoms. The SMILES string of the molecule is CC1=NC[C@H](Cc2ccc(SC#N)cc2)N=C(C)c2cccc(n2)C(C)=NCC(Cc2ccc(N=C=S)cc2)N=C(C)c2cccc1n2. The monoisotopic (exact) mass is 668 g/mol. The van der Waals surface area contributed by atoms with Crippen molar-refractivity contribution >= 4 is 57.7 Å². The minimum Gasteiger partial charge on any atom is -0.286 e. The van der Waals surface area contributed by atoms with Gasteiger partial charge in [-0.15, -0.1) is 0 Å². The summed E-state index contributed by atoms with van der Waals surface area (Å²) in [5.41, 5.74) is 9.56. The van der Waals surface area contributed by atoms with Gasteiger partial charge in [-0.05, 0) is 124 Å². The largest absolute Gasteiger partial charge is 0.286 e. The van der Waals surface area contributed by atoms with Crippen molar-refractivity contribution in [2.45, 2.75) is 57.5 Å². The second-order valence-electron chi connectivity index (χ2n) is 11.5. The average Bonchev–Trinajstić information content (AvgIpc) is 3.10. The number of thiocarbonyl (C=S) groups is 1. The topological polar surface area (TPSA) is 111 Å². The molecule has 48 heavy (non-hydrogen) atoms. The Bertz CT molecular complexity index is 1970. The van der Waals surface area contributed by atoms with Crippen LogP contribution in [0.25, 0.3) is 0 Å². The number of thiocyanates is 1. The highest BCUT2D eigenvalue weighted by atomic mass is 32.2. The summed E-state index contributed by atoms with van der Waals surface area (Å²) in [5, 5.41) is 13.6. The molecule has 0 spiro atoms. The van der Waals surface area contributed by atoms with E-state index in [1.54, 1.807) is 0 Å². The number of isothiocyanates is 1. The van der Waals surface area contributed by atoms with E-state index in [2.05, 4.69) is 27.7 Å². The van der Waals surface area contributed by atoms with Crippen LogP contribution in [0.2, 0.25) is 0 Å². The summed E-state index contributed by atoms with van der Waals surface area (Å²) < 4.78 is 0. The van der Waals surface area contributed by atoms with E-state index in [9.17, 15) is 0 Å². The molecule has 0 amide bonds. The van der Waals surface area contributed by atoms with E-state index in [-0.39, 0.29) is 12.1 Å². The highest BCUT2D eigenvalue weighted by Gasteiger charge is 2.15. The third-order valence-corrected chi connectivity index (χ3v) is 8.64. The van der Waals surface area contributed by atoms with E-state index in [1.165, 1.54) is 0 Å². The molecule has 0 fully saturated rings. The lowest BCUT2D eigenvalue weighted by Gasteiger charge is -2.15. The number of nitrogens with zero attached hydrogens (tertiary/aromatic N) is 8. The van der Waals surface area contributed by atoms with E-state index < -0.39 is 0 Å². The number of nitriles is 1. The van der Waals surface area contributed by atoms with Crippen LogP contribution in [-0.2, 0) is 12.8 Å². The van der Waals surface area contributed by atoms with Crippen molar-refractivity contribution in [1.82, 2.24) is 9.97 Å². The molecule has 0 saturated carbocycles. The second kappa shape index (κ2) is 16.8. The van der Waals surface area contributed by atoms with Gasteiger partial charge < -0.3 is 0 Å². The normalized spacial score (nSPS) is 16.9. The minimum absolute atomic E-state index is 0.126. The fourth-order valence-electron chi connectivity index (χ4n) is 5.35. The lowest BCUT2D eigenvalue weighted by molar-refractivity contribution is 0.680. The molecule has 5 rings (SSSR count). The number of hydrogen-bond acceptors (Lipinski definition) is 10. The maximum Gasteiger partial charge on any atom is 0.138 e. The van der Waals surface area contributed by atoms with Crippen molar-refractivity contribution in [3.8, 4) is 5.40 Å². The van der Waals surface area contributed by atoms with E-state index in [4.69, 9.17) is 47.4 Å². The molecular weight excluding hydrogens is 633 g/mol. The molecule has 1 aliphatic rings. The zero-order valence-corrected chi connectivity index (χ0v) is 29.1. The van der Waals surface area contributed by atoms with Gasteiger partial charge in [-0.1, -0.05) is 36.4 Å². The minimum atomic E-state index is -0.129. The third-order valence-electron chi connectivity index (χ3n) is 7.95. The summed E-state index contributed by atoms with van der Waals surface area (Å²) in [6, 6.07) is 27.7. The smallest absolute Gasteiger partial charge is 0.138 e. The molecule has 4 bridgehead atoms. The number of aliphatic imine (C=N–C) groups is 5. The first-order valence-electron chi connectivity index (χ1n) is 15.7. The molecule has 0 saturated heterocycles. The number of benzene rings is 2. The summed E-state index contributed by atoms with van der Waals surface area (Å²) in [7, 11) is 0. The van der Waals surface area contributed by atoms with Crippen LogP contribution in [0.5, 0.6) is 0 Å². The van der Waals surface area contributed by atoms with Crippen LogP contribution in [0.15, 0.2) is 115 Å². The van der Waals surface area contributed by atoms with Crippen LogP contribution in [0.3, 0.4) is 0 Å². The lowest BCUT2D eigenvalue weighted by Crippen LogP contribution is -2.19. The predicted octanol–water partition coefficient (Wildman–Crippen LogP) is 7.96. The molecule has 0 radical (unpaired) electrons. The Hall–Kier alpha value is -4.94. The number of hydrogen-bond donors (Lipinski definition) is 0. The predicted molar refractivity (Wildman–Crippen MR) is 201 cm³/mol. The maximum atomic E-state index is 9.03. The Morgan fingerprint density at radius 3 is 1.54 bits per heavy atom. The maximum absolute atomic E-state index is 9.03. The van der Waals surface area contributed by atoms with Crippen LogP contribution in [-0.4, -0.2) is 63.1 Å². The van der Waals surface area contributed by atoms with Crippen molar-refractivity contribution in [2.75, 3.05) is 13.1 Å². The molecule has 2 aromatic carbocycles. The number of thioether (sulfide) groups is 1. The van der Waals surface area contributed by atoms with E-state index >= 15 is 0 Å². The molecule has 0 N–H and O–H groups in total. The van der Waals surface area contributed by atoms with Crippen molar-refractivity contribution in [1.29, 1.82) is 5.26 Å². The highest BCUT2D eigenvalue weighted by molar-refractivity contribution is 8.03. The zero-order chi connectivity index (χ0) is 33.9. The Kier molecular flexibility index (Phi) is 12.0. The highest BCUT2D eigenvalue weighted by Crippen LogP contribution is 2.19. The van der Waals surface area contributed by atoms with Gasteiger partial charge in [0.2, 0.25) is 0 Å². The summed E-state index contributed by atoms with van der Waals surface area (Å²) in [6.45, 7) is 8.93.